The summed E-state index contributed by atoms with van der Waals surface area (Å²) in [4.78, 5) is 2.38. The van der Waals surface area contributed by atoms with Gasteiger partial charge in [0.05, 0.1) is 12.8 Å². The van der Waals surface area contributed by atoms with Crippen LogP contribution in [0.2, 0.25) is 0 Å². The molecule has 2 N–H and O–H groups in total. The Kier molecular flexibility index (Phi) is 3.57. The molecule has 0 atom stereocenters. The second kappa shape index (κ2) is 4.96. The predicted octanol–water partition coefficient (Wildman–Crippen LogP) is 2.25. The van der Waals surface area contributed by atoms with E-state index < -0.39 is 0 Å². The van der Waals surface area contributed by atoms with Crippen LogP contribution in [0.25, 0.3) is 0 Å². The molecular formula is C14H22N2O. The van der Waals surface area contributed by atoms with Gasteiger partial charge in [0.1, 0.15) is 5.75 Å². The Balaban J connectivity index is 2.21. The fourth-order valence-corrected chi connectivity index (χ4v) is 2.37. The number of ether oxygens (including phenoxy) is 1. The van der Waals surface area contributed by atoms with Crippen molar-refractivity contribution in [3.05, 3.63) is 23.8 Å². The van der Waals surface area contributed by atoms with Gasteiger partial charge in [-0.15, -0.1) is 0 Å². The van der Waals surface area contributed by atoms with Gasteiger partial charge in [0, 0.05) is 19.6 Å². The van der Waals surface area contributed by atoms with Gasteiger partial charge in [-0.3, -0.25) is 0 Å². The van der Waals surface area contributed by atoms with Gasteiger partial charge in [0.25, 0.3) is 0 Å². The molecule has 1 saturated heterocycles. The molecule has 0 unspecified atom stereocenters. The third-order valence-corrected chi connectivity index (χ3v) is 3.69. The summed E-state index contributed by atoms with van der Waals surface area (Å²) >= 11 is 0. The normalized spacial score (nSPS) is 16.2. The molecule has 94 valence electrons. The van der Waals surface area contributed by atoms with Gasteiger partial charge in [0.15, 0.2) is 0 Å². The third-order valence-electron chi connectivity index (χ3n) is 3.69. The summed E-state index contributed by atoms with van der Waals surface area (Å²) in [6.07, 6.45) is 0. The molecule has 0 amide bonds. The molecule has 0 aromatic heterocycles. The van der Waals surface area contributed by atoms with Gasteiger partial charge in [-0.1, -0.05) is 26.0 Å². The number of nitrogens with zero attached hydrogens (tertiary/aromatic N) is 1. The number of methoxy groups -OCH3 is 1. The lowest BCUT2D eigenvalue weighted by atomic mass is 9.87. The highest BCUT2D eigenvalue weighted by molar-refractivity contribution is 5.65. The van der Waals surface area contributed by atoms with E-state index in [9.17, 15) is 0 Å². The van der Waals surface area contributed by atoms with E-state index in [4.69, 9.17) is 10.5 Å². The fourth-order valence-electron chi connectivity index (χ4n) is 2.37. The molecule has 1 aromatic carbocycles. The van der Waals surface area contributed by atoms with Crippen molar-refractivity contribution in [2.75, 3.05) is 25.1 Å². The second-order valence-corrected chi connectivity index (χ2v) is 5.08. The minimum Gasteiger partial charge on any atom is -0.495 e. The Bertz CT molecular complexity index is 362. The Labute approximate surface area is 104 Å². The lowest BCUT2D eigenvalue weighted by molar-refractivity contribution is 0.305. The van der Waals surface area contributed by atoms with E-state index in [2.05, 4.69) is 24.8 Å². The fraction of sp³-hybridized carbons (Fsp3) is 0.571. The van der Waals surface area contributed by atoms with Crippen molar-refractivity contribution in [3.63, 3.8) is 0 Å². The standard InChI is InChI=1S/C14H22N2O/c1-10(2)12-8-16(9-12)14-11(7-15)5-4-6-13(14)17-3/h4-6,10,12H,7-9,15H2,1-3H3. The first-order valence-corrected chi connectivity index (χ1v) is 6.28. The summed E-state index contributed by atoms with van der Waals surface area (Å²) in [6, 6.07) is 6.10. The number of hydrogen-bond acceptors (Lipinski definition) is 3. The summed E-state index contributed by atoms with van der Waals surface area (Å²) in [7, 11) is 1.72. The molecular weight excluding hydrogens is 212 g/mol. The summed E-state index contributed by atoms with van der Waals surface area (Å²) in [5, 5.41) is 0. The summed E-state index contributed by atoms with van der Waals surface area (Å²) in [6.45, 7) is 7.37. The van der Waals surface area contributed by atoms with E-state index >= 15 is 0 Å². The number of hydrogen-bond donors (Lipinski definition) is 1. The average molecular weight is 234 g/mol. The van der Waals surface area contributed by atoms with Crippen LogP contribution in [0.15, 0.2) is 18.2 Å². The van der Waals surface area contributed by atoms with Gasteiger partial charge in [-0.05, 0) is 23.5 Å². The van der Waals surface area contributed by atoms with Gasteiger partial charge < -0.3 is 15.4 Å². The first-order valence-electron chi connectivity index (χ1n) is 6.28. The summed E-state index contributed by atoms with van der Waals surface area (Å²) in [5.74, 6) is 2.49. The molecule has 17 heavy (non-hydrogen) atoms. The zero-order valence-electron chi connectivity index (χ0n) is 10.9. The van der Waals surface area contributed by atoms with E-state index in [-0.39, 0.29) is 0 Å². The van der Waals surface area contributed by atoms with Crippen molar-refractivity contribution in [2.24, 2.45) is 17.6 Å². The third kappa shape index (κ3) is 2.25. The van der Waals surface area contributed by atoms with E-state index in [1.807, 2.05) is 12.1 Å². The second-order valence-electron chi connectivity index (χ2n) is 5.08. The average Bonchev–Trinajstić information content (AvgIpc) is 2.26. The zero-order valence-corrected chi connectivity index (χ0v) is 10.9. The summed E-state index contributed by atoms with van der Waals surface area (Å²) < 4.78 is 5.44. The van der Waals surface area contributed by atoms with Gasteiger partial charge in [-0.2, -0.15) is 0 Å². The van der Waals surface area contributed by atoms with Crippen molar-refractivity contribution in [1.82, 2.24) is 0 Å². The molecule has 3 nitrogen and oxygen atoms in total. The Morgan fingerprint density at radius 1 is 1.41 bits per heavy atom. The van der Waals surface area contributed by atoms with E-state index in [0.717, 1.165) is 30.7 Å². The molecule has 3 heteroatoms. The van der Waals surface area contributed by atoms with Gasteiger partial charge in [0.2, 0.25) is 0 Å². The number of rotatable bonds is 4. The number of anilines is 1. The maximum atomic E-state index is 5.80. The first kappa shape index (κ1) is 12.2. The van der Waals surface area contributed by atoms with Crippen molar-refractivity contribution in [3.8, 4) is 5.75 Å². The van der Waals surface area contributed by atoms with E-state index in [1.165, 1.54) is 11.3 Å². The highest BCUT2D eigenvalue weighted by Crippen LogP contribution is 2.37. The topological polar surface area (TPSA) is 38.5 Å². The SMILES string of the molecule is COc1cccc(CN)c1N1CC(C(C)C)C1. The molecule has 1 aliphatic heterocycles. The zero-order chi connectivity index (χ0) is 12.4. The molecule has 0 bridgehead atoms. The van der Waals surface area contributed by atoms with Crippen LogP contribution in [-0.4, -0.2) is 20.2 Å². The lowest BCUT2D eigenvalue weighted by Crippen LogP contribution is -2.49. The number of para-hydroxylation sites is 1. The first-order chi connectivity index (χ1) is 8.17. The van der Waals surface area contributed by atoms with Crippen LogP contribution < -0.4 is 15.4 Å². The van der Waals surface area contributed by atoms with Crippen molar-refractivity contribution >= 4 is 5.69 Å². The maximum absolute atomic E-state index is 5.80. The van der Waals surface area contributed by atoms with E-state index in [0.29, 0.717) is 6.54 Å². The number of benzene rings is 1. The van der Waals surface area contributed by atoms with Crippen molar-refractivity contribution < 1.29 is 4.74 Å². The number of nitrogens with two attached hydrogens (primary N) is 1. The predicted molar refractivity (Wildman–Crippen MR) is 71.4 cm³/mol. The van der Waals surface area contributed by atoms with Gasteiger partial charge >= 0.3 is 0 Å². The monoisotopic (exact) mass is 234 g/mol. The Hall–Kier alpha value is -1.22. The molecule has 1 aromatic rings. The van der Waals surface area contributed by atoms with Crippen LogP contribution in [-0.2, 0) is 6.54 Å². The molecule has 1 heterocycles. The largest absolute Gasteiger partial charge is 0.495 e. The van der Waals surface area contributed by atoms with Crippen LogP contribution in [0.5, 0.6) is 5.75 Å². The molecule has 0 aliphatic carbocycles. The van der Waals surface area contributed by atoms with Crippen molar-refractivity contribution in [1.29, 1.82) is 0 Å². The maximum Gasteiger partial charge on any atom is 0.142 e. The molecule has 0 spiro atoms. The minimum atomic E-state index is 0.565. The smallest absolute Gasteiger partial charge is 0.142 e. The Morgan fingerprint density at radius 2 is 2.12 bits per heavy atom. The lowest BCUT2D eigenvalue weighted by Gasteiger charge is -2.44. The van der Waals surface area contributed by atoms with Crippen LogP contribution in [0.1, 0.15) is 19.4 Å². The highest BCUT2D eigenvalue weighted by atomic mass is 16.5. The molecule has 2 rings (SSSR count). The van der Waals surface area contributed by atoms with Gasteiger partial charge in [-0.25, -0.2) is 0 Å². The molecule has 1 fully saturated rings. The quantitative estimate of drug-likeness (QED) is 0.868. The van der Waals surface area contributed by atoms with Crippen molar-refractivity contribution in [2.45, 2.75) is 20.4 Å². The van der Waals surface area contributed by atoms with E-state index in [1.54, 1.807) is 7.11 Å². The molecule has 0 saturated carbocycles. The molecule has 0 radical (unpaired) electrons. The van der Waals surface area contributed by atoms with Crippen LogP contribution in [0.3, 0.4) is 0 Å². The minimum absolute atomic E-state index is 0.565. The molecule has 1 aliphatic rings. The van der Waals surface area contributed by atoms with Crippen LogP contribution >= 0.6 is 0 Å². The highest BCUT2D eigenvalue weighted by Gasteiger charge is 2.31. The summed E-state index contributed by atoms with van der Waals surface area (Å²) in [5.41, 5.74) is 8.17. The Morgan fingerprint density at radius 3 is 2.65 bits per heavy atom. The van der Waals surface area contributed by atoms with Crippen LogP contribution in [0.4, 0.5) is 5.69 Å². The van der Waals surface area contributed by atoms with Crippen LogP contribution in [0, 0.1) is 11.8 Å².